The average molecular weight is 377 g/mol. The van der Waals surface area contributed by atoms with E-state index in [4.69, 9.17) is 4.74 Å². The summed E-state index contributed by atoms with van der Waals surface area (Å²) in [6, 6.07) is 21.7. The number of carbonyl (C=O) groups excluding carboxylic acids is 1. The molecule has 0 spiro atoms. The summed E-state index contributed by atoms with van der Waals surface area (Å²) in [6.45, 7) is 2.29. The van der Waals surface area contributed by atoms with E-state index in [0.29, 0.717) is 18.7 Å². The highest BCUT2D eigenvalue weighted by atomic mass is 16.5. The van der Waals surface area contributed by atoms with E-state index >= 15 is 0 Å². The molecular formula is C23H23NO4. The van der Waals surface area contributed by atoms with Crippen LogP contribution >= 0.6 is 0 Å². The Balaban J connectivity index is 1.56. The number of phenolic OH excluding ortho intramolecular Hbond substituents is 2. The molecule has 1 amide bonds. The molecule has 0 fully saturated rings. The monoisotopic (exact) mass is 377 g/mol. The van der Waals surface area contributed by atoms with Crippen LogP contribution in [0.25, 0.3) is 0 Å². The molecular weight excluding hydrogens is 354 g/mol. The second-order valence-corrected chi connectivity index (χ2v) is 6.57. The van der Waals surface area contributed by atoms with Gasteiger partial charge in [-0.3, -0.25) is 4.79 Å². The van der Waals surface area contributed by atoms with E-state index < -0.39 is 0 Å². The molecule has 5 nitrogen and oxygen atoms in total. The summed E-state index contributed by atoms with van der Waals surface area (Å²) in [4.78, 5) is 12.5. The molecule has 0 bridgehead atoms. The molecule has 0 saturated heterocycles. The minimum absolute atomic E-state index is 0.0835. The Morgan fingerprint density at radius 3 is 2.43 bits per heavy atom. The third-order valence-electron chi connectivity index (χ3n) is 4.48. The molecule has 3 aromatic carbocycles. The zero-order valence-electron chi connectivity index (χ0n) is 15.6. The number of para-hydroxylation sites is 1. The van der Waals surface area contributed by atoms with Gasteiger partial charge in [-0.05, 0) is 60.9 Å². The van der Waals surface area contributed by atoms with Gasteiger partial charge in [-0.25, -0.2) is 0 Å². The molecule has 0 aromatic heterocycles. The van der Waals surface area contributed by atoms with Gasteiger partial charge in [0.15, 0.2) is 11.5 Å². The van der Waals surface area contributed by atoms with Gasteiger partial charge in [0.1, 0.15) is 11.5 Å². The lowest BCUT2D eigenvalue weighted by atomic mass is 10.00. The molecule has 0 aliphatic heterocycles. The standard InChI is InChI=1S/C23H23NO4/c1-16(23(27)24-13-12-17-10-11-21(25)22(26)14-17)18-6-5-9-20(15-18)28-19-7-3-2-4-8-19/h2-11,14-16,25-26H,12-13H2,1H3,(H,24,27)/t16-/m0/s1. The molecule has 3 aromatic rings. The number of benzene rings is 3. The number of aromatic hydroxyl groups is 2. The largest absolute Gasteiger partial charge is 0.504 e. The number of ether oxygens (including phenoxy) is 1. The average Bonchev–Trinajstić information content (AvgIpc) is 2.71. The Bertz CT molecular complexity index is 940. The second-order valence-electron chi connectivity index (χ2n) is 6.57. The lowest BCUT2D eigenvalue weighted by molar-refractivity contribution is -0.122. The van der Waals surface area contributed by atoms with Crippen LogP contribution in [-0.2, 0) is 11.2 Å². The SMILES string of the molecule is C[C@H](C(=O)NCCc1ccc(O)c(O)c1)c1cccc(Oc2ccccc2)c1. The first-order valence-corrected chi connectivity index (χ1v) is 9.14. The number of phenols is 2. The Morgan fingerprint density at radius 1 is 0.929 bits per heavy atom. The molecule has 1 atom stereocenters. The fourth-order valence-electron chi connectivity index (χ4n) is 2.83. The highest BCUT2D eigenvalue weighted by Gasteiger charge is 2.15. The van der Waals surface area contributed by atoms with E-state index in [-0.39, 0.29) is 23.3 Å². The van der Waals surface area contributed by atoms with Crippen molar-refractivity contribution in [1.29, 1.82) is 0 Å². The molecule has 0 unspecified atom stereocenters. The van der Waals surface area contributed by atoms with Crippen molar-refractivity contribution in [3.8, 4) is 23.0 Å². The number of hydrogen-bond donors (Lipinski definition) is 3. The molecule has 0 radical (unpaired) electrons. The maximum absolute atomic E-state index is 12.5. The summed E-state index contributed by atoms with van der Waals surface area (Å²) < 4.78 is 5.83. The molecule has 0 heterocycles. The Kier molecular flexibility index (Phi) is 6.17. The van der Waals surface area contributed by atoms with E-state index in [1.54, 1.807) is 6.07 Å². The number of carbonyl (C=O) groups is 1. The fourth-order valence-corrected chi connectivity index (χ4v) is 2.83. The van der Waals surface area contributed by atoms with Crippen LogP contribution in [0.3, 0.4) is 0 Å². The number of amides is 1. The molecule has 28 heavy (non-hydrogen) atoms. The quantitative estimate of drug-likeness (QED) is 0.535. The zero-order chi connectivity index (χ0) is 19.9. The highest BCUT2D eigenvalue weighted by molar-refractivity contribution is 5.83. The maximum atomic E-state index is 12.5. The molecule has 0 saturated carbocycles. The zero-order valence-corrected chi connectivity index (χ0v) is 15.6. The van der Waals surface area contributed by atoms with Crippen molar-refractivity contribution in [3.63, 3.8) is 0 Å². The molecule has 3 N–H and O–H groups in total. The first-order valence-electron chi connectivity index (χ1n) is 9.14. The summed E-state index contributed by atoms with van der Waals surface area (Å²) in [6.07, 6.45) is 0.559. The highest BCUT2D eigenvalue weighted by Crippen LogP contribution is 2.26. The predicted octanol–water partition coefficient (Wildman–Crippen LogP) is 4.35. The minimum atomic E-state index is -0.326. The van der Waals surface area contributed by atoms with Crippen LogP contribution in [0.5, 0.6) is 23.0 Å². The van der Waals surface area contributed by atoms with Gasteiger partial charge in [-0.1, -0.05) is 36.4 Å². The predicted molar refractivity (Wildman–Crippen MR) is 108 cm³/mol. The summed E-state index contributed by atoms with van der Waals surface area (Å²) >= 11 is 0. The number of hydrogen-bond acceptors (Lipinski definition) is 4. The molecule has 3 rings (SSSR count). The first-order chi connectivity index (χ1) is 13.5. The van der Waals surface area contributed by atoms with Crippen molar-refractivity contribution >= 4 is 5.91 Å². The Morgan fingerprint density at radius 2 is 1.68 bits per heavy atom. The lowest BCUT2D eigenvalue weighted by Crippen LogP contribution is -2.29. The summed E-state index contributed by atoms with van der Waals surface area (Å²) in [7, 11) is 0. The summed E-state index contributed by atoms with van der Waals surface area (Å²) in [5.74, 6) is 0.704. The van der Waals surface area contributed by atoms with Crippen molar-refractivity contribution < 1.29 is 19.7 Å². The van der Waals surface area contributed by atoms with E-state index in [9.17, 15) is 15.0 Å². The van der Waals surface area contributed by atoms with Crippen molar-refractivity contribution in [3.05, 3.63) is 83.9 Å². The van der Waals surface area contributed by atoms with Gasteiger partial charge in [-0.2, -0.15) is 0 Å². The fraction of sp³-hybridized carbons (Fsp3) is 0.174. The van der Waals surface area contributed by atoms with Gasteiger partial charge >= 0.3 is 0 Å². The maximum Gasteiger partial charge on any atom is 0.227 e. The molecule has 0 aliphatic rings. The van der Waals surface area contributed by atoms with Crippen molar-refractivity contribution in [1.82, 2.24) is 5.32 Å². The van der Waals surface area contributed by atoms with Crippen molar-refractivity contribution in [2.75, 3.05) is 6.54 Å². The van der Waals surface area contributed by atoms with Crippen molar-refractivity contribution in [2.24, 2.45) is 0 Å². The normalized spacial score (nSPS) is 11.6. The van der Waals surface area contributed by atoms with E-state index in [0.717, 1.165) is 16.9 Å². The van der Waals surface area contributed by atoms with E-state index in [1.165, 1.54) is 12.1 Å². The molecule has 144 valence electrons. The third-order valence-corrected chi connectivity index (χ3v) is 4.48. The van der Waals surface area contributed by atoms with Gasteiger partial charge < -0.3 is 20.3 Å². The van der Waals surface area contributed by atoms with Crippen LogP contribution in [0.2, 0.25) is 0 Å². The van der Waals surface area contributed by atoms with E-state index in [2.05, 4.69) is 5.32 Å². The van der Waals surface area contributed by atoms with Crippen LogP contribution in [0, 0.1) is 0 Å². The van der Waals surface area contributed by atoms with Crippen LogP contribution in [0.4, 0.5) is 0 Å². The van der Waals surface area contributed by atoms with Gasteiger partial charge in [0.2, 0.25) is 5.91 Å². The van der Waals surface area contributed by atoms with Crippen LogP contribution in [0.1, 0.15) is 24.0 Å². The van der Waals surface area contributed by atoms with E-state index in [1.807, 2.05) is 61.5 Å². The van der Waals surface area contributed by atoms with Gasteiger partial charge in [0.05, 0.1) is 5.92 Å². The van der Waals surface area contributed by atoms with Crippen molar-refractivity contribution in [2.45, 2.75) is 19.3 Å². The van der Waals surface area contributed by atoms with Crippen LogP contribution in [0.15, 0.2) is 72.8 Å². The third kappa shape index (κ3) is 5.04. The summed E-state index contributed by atoms with van der Waals surface area (Å²) in [5.41, 5.74) is 1.70. The Labute approximate surface area is 164 Å². The van der Waals surface area contributed by atoms with Gasteiger partial charge in [0.25, 0.3) is 0 Å². The molecule has 0 aliphatic carbocycles. The minimum Gasteiger partial charge on any atom is -0.504 e. The Hall–Kier alpha value is -3.47. The topological polar surface area (TPSA) is 78.8 Å². The smallest absolute Gasteiger partial charge is 0.227 e. The first kappa shape index (κ1) is 19.3. The summed E-state index contributed by atoms with van der Waals surface area (Å²) in [5, 5.41) is 21.8. The van der Waals surface area contributed by atoms with Gasteiger partial charge in [-0.15, -0.1) is 0 Å². The van der Waals surface area contributed by atoms with Crippen LogP contribution < -0.4 is 10.1 Å². The number of rotatable bonds is 7. The number of nitrogens with one attached hydrogen (secondary N) is 1. The van der Waals surface area contributed by atoms with Gasteiger partial charge in [0, 0.05) is 6.54 Å². The molecule has 5 heteroatoms. The van der Waals surface area contributed by atoms with Crippen LogP contribution in [-0.4, -0.2) is 22.7 Å². The second kappa shape index (κ2) is 8.95. The lowest BCUT2D eigenvalue weighted by Gasteiger charge is -2.14.